The second-order valence-electron chi connectivity index (χ2n) is 8.15. The molecule has 0 saturated heterocycles. The number of benzene rings is 2. The molecule has 172 valence electrons. The molecule has 0 spiro atoms. The van der Waals surface area contributed by atoms with Crippen LogP contribution in [0.5, 0.6) is 11.5 Å². The second kappa shape index (κ2) is 7.82. The quantitative estimate of drug-likeness (QED) is 0.451. The van der Waals surface area contributed by atoms with E-state index in [1.807, 2.05) is 23.9 Å². The number of aromatic hydroxyl groups is 1. The number of nitrogens with zero attached hydrogens (tertiary/aromatic N) is 3. The van der Waals surface area contributed by atoms with Crippen LogP contribution < -0.4 is 4.74 Å². The molecule has 0 radical (unpaired) electrons. The van der Waals surface area contributed by atoms with Crippen molar-refractivity contribution in [1.29, 1.82) is 0 Å². The number of carbonyl (C=O) groups is 1. The van der Waals surface area contributed by atoms with Crippen molar-refractivity contribution in [1.82, 2.24) is 13.9 Å². The molecule has 4 aromatic rings. The second-order valence-corrected chi connectivity index (χ2v) is 10.3. The van der Waals surface area contributed by atoms with Gasteiger partial charge in [0.05, 0.1) is 4.90 Å². The maximum absolute atomic E-state index is 12.9. The fourth-order valence-corrected chi connectivity index (χ4v) is 4.96. The molecule has 8 nitrogen and oxygen atoms in total. The van der Waals surface area contributed by atoms with E-state index in [0.717, 1.165) is 16.5 Å². The zero-order valence-electron chi connectivity index (χ0n) is 18.7. The van der Waals surface area contributed by atoms with E-state index in [0.29, 0.717) is 17.0 Å². The molecule has 0 aliphatic carbocycles. The molecule has 0 unspecified atom stereocenters. The molecule has 2 aromatic carbocycles. The van der Waals surface area contributed by atoms with E-state index >= 15 is 0 Å². The highest BCUT2D eigenvalue weighted by molar-refractivity contribution is 7.89. The van der Waals surface area contributed by atoms with E-state index in [-0.39, 0.29) is 22.0 Å². The van der Waals surface area contributed by atoms with E-state index in [4.69, 9.17) is 4.74 Å². The third-order valence-corrected chi connectivity index (χ3v) is 7.62. The van der Waals surface area contributed by atoms with Crippen molar-refractivity contribution in [3.63, 3.8) is 0 Å². The fourth-order valence-electron chi connectivity index (χ4n) is 4.06. The van der Waals surface area contributed by atoms with Gasteiger partial charge >= 0.3 is 0 Å². The molecular formula is C25H21N3O5S. The summed E-state index contributed by atoms with van der Waals surface area (Å²) in [6, 6.07) is 13.2. The summed E-state index contributed by atoms with van der Waals surface area (Å²) in [6.45, 7) is 0. The Kier molecular flexibility index (Phi) is 5.03. The monoisotopic (exact) mass is 475 g/mol. The number of carbonyl (C=O) groups excluding carboxylic acids is 1. The highest BCUT2D eigenvalue weighted by atomic mass is 32.2. The van der Waals surface area contributed by atoms with Gasteiger partial charge in [0.1, 0.15) is 22.7 Å². The summed E-state index contributed by atoms with van der Waals surface area (Å²) in [5.41, 5.74) is 3.18. The Bertz CT molecular complexity index is 1600. The summed E-state index contributed by atoms with van der Waals surface area (Å²) in [5.74, 6) is -0.105. The number of phenolic OH excluding ortho intramolecular Hbond substituents is 1. The first-order chi connectivity index (χ1) is 16.2. The van der Waals surface area contributed by atoms with Crippen molar-refractivity contribution < 1.29 is 23.1 Å². The third-order valence-electron chi connectivity index (χ3n) is 5.79. The minimum absolute atomic E-state index is 0.103. The number of fused-ring (bicyclic) bond motifs is 2. The number of aryl methyl sites for hydroxylation is 1. The van der Waals surface area contributed by atoms with Crippen molar-refractivity contribution in [2.75, 3.05) is 14.1 Å². The van der Waals surface area contributed by atoms with Crippen LogP contribution in [-0.2, 0) is 17.1 Å². The fraction of sp³-hybridized carbons (Fsp3) is 0.120. The standard InChI is InChI=1S/C25H21N3O5S/c1-27(2)34(31,32)17-9-7-15(8-10-17)18-11-12-26-25-22(18)16(14-28(25)3)13-21-24(30)23-19(29)5-4-6-20(23)33-21/h4-14,29H,1-3H3/b21-13-. The largest absolute Gasteiger partial charge is 0.507 e. The van der Waals surface area contributed by atoms with E-state index in [9.17, 15) is 18.3 Å². The Balaban J connectivity index is 1.63. The molecule has 3 heterocycles. The van der Waals surface area contributed by atoms with Crippen LogP contribution in [0.25, 0.3) is 28.2 Å². The Labute approximate surface area is 196 Å². The van der Waals surface area contributed by atoms with Crippen LogP contribution in [0.2, 0.25) is 0 Å². The molecule has 34 heavy (non-hydrogen) atoms. The molecule has 0 saturated carbocycles. The van der Waals surface area contributed by atoms with E-state index in [1.165, 1.54) is 24.5 Å². The van der Waals surface area contributed by atoms with Crippen molar-refractivity contribution in [2.45, 2.75) is 4.90 Å². The number of sulfonamides is 1. The Hall–Kier alpha value is -3.95. The summed E-state index contributed by atoms with van der Waals surface area (Å²) in [6.07, 6.45) is 5.17. The van der Waals surface area contributed by atoms with Crippen molar-refractivity contribution >= 4 is 32.9 Å². The molecular weight excluding hydrogens is 454 g/mol. The topological polar surface area (TPSA) is 102 Å². The van der Waals surface area contributed by atoms with E-state index in [2.05, 4.69) is 4.98 Å². The summed E-state index contributed by atoms with van der Waals surface area (Å²) in [7, 11) is 1.29. The van der Waals surface area contributed by atoms with Crippen LogP contribution >= 0.6 is 0 Å². The van der Waals surface area contributed by atoms with Gasteiger partial charge in [-0.1, -0.05) is 18.2 Å². The molecule has 0 fully saturated rings. The van der Waals surface area contributed by atoms with E-state index < -0.39 is 15.8 Å². The smallest absolute Gasteiger partial charge is 0.242 e. The average Bonchev–Trinajstić information content (AvgIpc) is 3.31. The number of pyridine rings is 1. The van der Waals surface area contributed by atoms with Crippen molar-refractivity contribution in [3.05, 3.63) is 77.8 Å². The number of Topliss-reactive ketones (excluding diaryl/α,β-unsaturated/α-hetero) is 1. The van der Waals surface area contributed by atoms with Gasteiger partial charge in [-0.2, -0.15) is 0 Å². The predicted molar refractivity (Wildman–Crippen MR) is 128 cm³/mol. The van der Waals surface area contributed by atoms with Gasteiger partial charge < -0.3 is 14.4 Å². The number of hydrogen-bond acceptors (Lipinski definition) is 6. The summed E-state index contributed by atoms with van der Waals surface area (Å²) < 4.78 is 33.6. The normalized spacial score (nSPS) is 14.7. The van der Waals surface area contributed by atoms with Crippen LogP contribution in [0.3, 0.4) is 0 Å². The van der Waals surface area contributed by atoms with Crippen LogP contribution in [0.4, 0.5) is 0 Å². The van der Waals surface area contributed by atoms with Gasteiger partial charge in [-0.05, 0) is 47.5 Å². The van der Waals surface area contributed by atoms with Crippen LogP contribution in [0.1, 0.15) is 15.9 Å². The zero-order chi connectivity index (χ0) is 24.2. The predicted octanol–water partition coefficient (Wildman–Crippen LogP) is 3.81. The lowest BCUT2D eigenvalue weighted by atomic mass is 10.0. The van der Waals surface area contributed by atoms with Gasteiger partial charge in [-0.25, -0.2) is 17.7 Å². The first-order valence-corrected chi connectivity index (χ1v) is 11.9. The van der Waals surface area contributed by atoms with E-state index in [1.54, 1.807) is 48.7 Å². The molecule has 0 amide bonds. The molecule has 9 heteroatoms. The van der Waals surface area contributed by atoms with Crippen LogP contribution in [0, 0.1) is 0 Å². The lowest BCUT2D eigenvalue weighted by Gasteiger charge is -2.12. The number of rotatable bonds is 4. The number of phenols is 1. The average molecular weight is 476 g/mol. The molecule has 5 rings (SSSR count). The molecule has 1 aliphatic rings. The van der Waals surface area contributed by atoms with Gasteiger partial charge in [-0.15, -0.1) is 0 Å². The van der Waals surface area contributed by atoms with Crippen molar-refractivity contribution in [3.8, 4) is 22.6 Å². The Morgan fingerprint density at radius 1 is 1.09 bits per heavy atom. The number of allylic oxidation sites excluding steroid dienone is 1. The maximum atomic E-state index is 12.9. The molecule has 0 atom stereocenters. The van der Waals surface area contributed by atoms with Gasteiger partial charge in [0.15, 0.2) is 5.76 Å². The SMILES string of the molecule is CN(C)S(=O)(=O)c1ccc(-c2ccnc3c2c(/C=C2\Oc4cccc(O)c4C2=O)cn3C)cc1. The van der Waals surface area contributed by atoms with Gasteiger partial charge in [0.25, 0.3) is 0 Å². The van der Waals surface area contributed by atoms with Gasteiger partial charge in [-0.3, -0.25) is 4.79 Å². The van der Waals surface area contributed by atoms with Crippen molar-refractivity contribution in [2.24, 2.45) is 7.05 Å². The van der Waals surface area contributed by atoms with Crippen LogP contribution in [0.15, 0.2) is 71.6 Å². The molecule has 1 N–H and O–H groups in total. The molecule has 2 aromatic heterocycles. The number of hydrogen-bond donors (Lipinski definition) is 1. The number of aromatic nitrogens is 2. The van der Waals surface area contributed by atoms with Gasteiger partial charge in [0, 0.05) is 44.5 Å². The summed E-state index contributed by atoms with van der Waals surface area (Å²) >= 11 is 0. The zero-order valence-corrected chi connectivity index (χ0v) is 19.5. The number of ether oxygens (including phenoxy) is 1. The maximum Gasteiger partial charge on any atom is 0.242 e. The molecule has 1 aliphatic heterocycles. The minimum Gasteiger partial charge on any atom is -0.507 e. The van der Waals surface area contributed by atoms with Crippen LogP contribution in [-0.4, -0.2) is 47.3 Å². The minimum atomic E-state index is -3.54. The first-order valence-electron chi connectivity index (χ1n) is 10.4. The lowest BCUT2D eigenvalue weighted by Crippen LogP contribution is -2.22. The summed E-state index contributed by atoms with van der Waals surface area (Å²) in [5, 5.41) is 10.9. The first kappa shape index (κ1) is 21.9. The summed E-state index contributed by atoms with van der Waals surface area (Å²) in [4.78, 5) is 17.5. The highest BCUT2D eigenvalue weighted by Gasteiger charge is 2.30. The number of ketones is 1. The van der Waals surface area contributed by atoms with Gasteiger partial charge in [0.2, 0.25) is 15.8 Å². The highest BCUT2D eigenvalue weighted by Crippen LogP contribution is 2.39. The molecule has 0 bridgehead atoms. The lowest BCUT2D eigenvalue weighted by molar-refractivity contribution is 0.101. The Morgan fingerprint density at radius 3 is 2.50 bits per heavy atom. The third kappa shape index (κ3) is 3.37. The Morgan fingerprint density at radius 2 is 1.82 bits per heavy atom.